The van der Waals surface area contributed by atoms with E-state index in [2.05, 4.69) is 17.1 Å². The number of nitrogens with zero attached hydrogens (tertiary/aromatic N) is 2. The van der Waals surface area contributed by atoms with Crippen LogP contribution >= 0.6 is 11.8 Å². The summed E-state index contributed by atoms with van der Waals surface area (Å²) >= 11 is 1.43. The highest BCUT2D eigenvalue weighted by molar-refractivity contribution is 8.00. The first-order valence-electron chi connectivity index (χ1n) is 8.82. The van der Waals surface area contributed by atoms with E-state index in [0.717, 1.165) is 35.3 Å². The molecule has 134 valence electrons. The van der Waals surface area contributed by atoms with Crippen molar-refractivity contribution in [2.75, 3.05) is 25.4 Å². The molecule has 6 heteroatoms. The van der Waals surface area contributed by atoms with Gasteiger partial charge in [0, 0.05) is 36.0 Å². The molecule has 25 heavy (non-hydrogen) atoms. The number of para-hydroxylation sites is 1. The number of aromatic nitrogens is 1. The molecule has 1 aromatic carbocycles. The fourth-order valence-corrected chi connectivity index (χ4v) is 4.37. The van der Waals surface area contributed by atoms with Crippen molar-refractivity contribution < 1.29 is 4.79 Å². The van der Waals surface area contributed by atoms with Gasteiger partial charge in [-0.25, -0.2) is 0 Å². The zero-order chi connectivity index (χ0) is 17.8. The molecule has 1 aliphatic heterocycles. The Balaban J connectivity index is 1.62. The second-order valence-electron chi connectivity index (χ2n) is 6.44. The van der Waals surface area contributed by atoms with Gasteiger partial charge in [0.05, 0.1) is 11.3 Å². The summed E-state index contributed by atoms with van der Waals surface area (Å²) in [6, 6.07) is 9.88. The van der Waals surface area contributed by atoms with Gasteiger partial charge in [-0.05, 0) is 32.0 Å². The predicted molar refractivity (Wildman–Crippen MR) is 103 cm³/mol. The number of hydrogen-bond acceptors (Lipinski definition) is 4. The molecule has 1 amide bonds. The van der Waals surface area contributed by atoms with E-state index < -0.39 is 0 Å². The van der Waals surface area contributed by atoms with Crippen LogP contribution in [-0.4, -0.2) is 46.8 Å². The molecule has 0 saturated carbocycles. The van der Waals surface area contributed by atoms with Gasteiger partial charge in [-0.15, -0.1) is 11.8 Å². The van der Waals surface area contributed by atoms with E-state index in [9.17, 15) is 9.59 Å². The average Bonchev–Trinajstić information content (AvgIpc) is 3.09. The van der Waals surface area contributed by atoms with Gasteiger partial charge >= 0.3 is 0 Å². The summed E-state index contributed by atoms with van der Waals surface area (Å²) in [4.78, 5) is 27.6. The zero-order valence-corrected chi connectivity index (χ0v) is 15.6. The SMILES string of the molecule is CCN1CCCC1CNC(=O)CSc1cc(=O)n(C)c2ccccc12. The molecule has 0 bridgehead atoms. The summed E-state index contributed by atoms with van der Waals surface area (Å²) in [6.45, 7) is 5.04. The summed E-state index contributed by atoms with van der Waals surface area (Å²) < 4.78 is 1.64. The first-order valence-corrected chi connectivity index (χ1v) is 9.81. The number of carbonyl (C=O) groups is 1. The molecule has 0 radical (unpaired) electrons. The minimum absolute atomic E-state index is 0.0257. The Kier molecular flexibility index (Phi) is 5.81. The number of pyridine rings is 1. The van der Waals surface area contributed by atoms with E-state index in [0.29, 0.717) is 18.3 Å². The van der Waals surface area contributed by atoms with Crippen LogP contribution in [0.5, 0.6) is 0 Å². The second-order valence-corrected chi connectivity index (χ2v) is 7.46. The van der Waals surface area contributed by atoms with E-state index in [1.807, 2.05) is 24.3 Å². The van der Waals surface area contributed by atoms with E-state index in [1.165, 1.54) is 18.2 Å². The van der Waals surface area contributed by atoms with E-state index in [1.54, 1.807) is 17.7 Å². The Bertz CT molecular complexity index is 818. The lowest BCUT2D eigenvalue weighted by molar-refractivity contribution is -0.118. The fourth-order valence-electron chi connectivity index (χ4n) is 3.47. The van der Waals surface area contributed by atoms with Crippen LogP contribution in [0.25, 0.3) is 10.9 Å². The van der Waals surface area contributed by atoms with E-state index in [-0.39, 0.29) is 11.5 Å². The maximum absolute atomic E-state index is 12.2. The van der Waals surface area contributed by atoms with Gasteiger partial charge in [0.1, 0.15) is 0 Å². The summed E-state index contributed by atoms with van der Waals surface area (Å²) in [5, 5.41) is 4.06. The van der Waals surface area contributed by atoms with Crippen LogP contribution in [0.4, 0.5) is 0 Å². The van der Waals surface area contributed by atoms with Crippen LogP contribution in [0.1, 0.15) is 19.8 Å². The smallest absolute Gasteiger partial charge is 0.251 e. The minimum atomic E-state index is -0.0499. The number of amides is 1. The first kappa shape index (κ1) is 18.0. The van der Waals surface area contributed by atoms with Gasteiger partial charge in [0.25, 0.3) is 5.56 Å². The Morgan fingerprint density at radius 1 is 1.36 bits per heavy atom. The molecule has 1 atom stereocenters. The van der Waals surface area contributed by atoms with Crippen LogP contribution < -0.4 is 10.9 Å². The summed E-state index contributed by atoms with van der Waals surface area (Å²) in [5.41, 5.74) is 0.841. The number of aryl methyl sites for hydroxylation is 1. The molecule has 0 aliphatic carbocycles. The molecule has 2 heterocycles. The third kappa shape index (κ3) is 4.07. The number of rotatable bonds is 6. The molecule has 1 saturated heterocycles. The van der Waals surface area contributed by atoms with Crippen LogP contribution in [0.15, 0.2) is 40.0 Å². The molecule has 1 unspecified atom stereocenters. The first-order chi connectivity index (χ1) is 12.1. The second kappa shape index (κ2) is 8.06. The number of hydrogen-bond donors (Lipinski definition) is 1. The van der Waals surface area contributed by atoms with Crippen molar-refractivity contribution in [1.29, 1.82) is 0 Å². The lowest BCUT2D eigenvalue weighted by atomic mass is 10.2. The maximum Gasteiger partial charge on any atom is 0.251 e. The Hall–Kier alpha value is -1.79. The standard InChI is InChI=1S/C19H25N3O2S/c1-3-22-10-6-7-14(22)12-20-18(23)13-25-17-11-19(24)21(2)16-9-5-4-8-15(16)17/h4-5,8-9,11,14H,3,6-7,10,12-13H2,1-2H3,(H,20,23). The normalized spacial score (nSPS) is 17.9. The fraction of sp³-hybridized carbons (Fsp3) is 0.474. The van der Waals surface area contributed by atoms with Gasteiger partial charge in [0.2, 0.25) is 5.91 Å². The monoisotopic (exact) mass is 359 g/mol. The van der Waals surface area contributed by atoms with Crippen molar-refractivity contribution >= 4 is 28.6 Å². The molecule has 3 rings (SSSR count). The molecule has 0 spiro atoms. The molecule has 1 aromatic heterocycles. The topological polar surface area (TPSA) is 54.3 Å². The minimum Gasteiger partial charge on any atom is -0.354 e. The van der Waals surface area contributed by atoms with Crippen molar-refractivity contribution in [2.24, 2.45) is 7.05 Å². The van der Waals surface area contributed by atoms with Gasteiger partial charge in [-0.2, -0.15) is 0 Å². The Morgan fingerprint density at radius 3 is 2.96 bits per heavy atom. The number of likely N-dealkylation sites (tertiary alicyclic amines) is 1. The number of thioether (sulfide) groups is 1. The molecule has 5 nitrogen and oxygen atoms in total. The summed E-state index contributed by atoms with van der Waals surface area (Å²) in [6.07, 6.45) is 2.36. The van der Waals surface area contributed by atoms with Gasteiger partial charge < -0.3 is 9.88 Å². The van der Waals surface area contributed by atoms with Crippen molar-refractivity contribution in [1.82, 2.24) is 14.8 Å². The Labute approximate surface area is 152 Å². The number of nitrogens with one attached hydrogen (secondary N) is 1. The average molecular weight is 359 g/mol. The molecular weight excluding hydrogens is 334 g/mol. The maximum atomic E-state index is 12.2. The lowest BCUT2D eigenvalue weighted by Gasteiger charge is -2.22. The number of benzene rings is 1. The third-order valence-electron chi connectivity index (χ3n) is 4.91. The van der Waals surface area contributed by atoms with Crippen molar-refractivity contribution in [3.8, 4) is 0 Å². The van der Waals surface area contributed by atoms with Crippen LogP contribution in [0, 0.1) is 0 Å². The predicted octanol–water partition coefficient (Wildman–Crippen LogP) is 2.23. The number of fused-ring (bicyclic) bond motifs is 1. The van der Waals surface area contributed by atoms with Gasteiger partial charge in [-0.1, -0.05) is 25.1 Å². The zero-order valence-electron chi connectivity index (χ0n) is 14.8. The van der Waals surface area contributed by atoms with Gasteiger partial charge in [0.15, 0.2) is 0 Å². The molecule has 1 aliphatic rings. The largest absolute Gasteiger partial charge is 0.354 e. The molecule has 1 fully saturated rings. The van der Waals surface area contributed by atoms with Crippen molar-refractivity contribution in [3.05, 3.63) is 40.7 Å². The molecule has 2 aromatic rings. The van der Waals surface area contributed by atoms with Crippen molar-refractivity contribution in [3.63, 3.8) is 0 Å². The molecule has 1 N–H and O–H groups in total. The van der Waals surface area contributed by atoms with Crippen LogP contribution in [-0.2, 0) is 11.8 Å². The van der Waals surface area contributed by atoms with E-state index >= 15 is 0 Å². The highest BCUT2D eigenvalue weighted by atomic mass is 32.2. The summed E-state index contributed by atoms with van der Waals surface area (Å²) in [7, 11) is 1.77. The van der Waals surface area contributed by atoms with E-state index in [4.69, 9.17) is 0 Å². The summed E-state index contributed by atoms with van der Waals surface area (Å²) in [5.74, 6) is 0.355. The number of carbonyl (C=O) groups excluding carboxylic acids is 1. The highest BCUT2D eigenvalue weighted by Crippen LogP contribution is 2.25. The van der Waals surface area contributed by atoms with Crippen LogP contribution in [0.2, 0.25) is 0 Å². The Morgan fingerprint density at radius 2 is 2.16 bits per heavy atom. The van der Waals surface area contributed by atoms with Crippen molar-refractivity contribution in [2.45, 2.75) is 30.7 Å². The lowest BCUT2D eigenvalue weighted by Crippen LogP contribution is -2.40. The number of likely N-dealkylation sites (N-methyl/N-ethyl adjacent to an activating group) is 1. The third-order valence-corrected chi connectivity index (χ3v) is 5.97. The van der Waals surface area contributed by atoms with Crippen LogP contribution in [0.3, 0.4) is 0 Å². The van der Waals surface area contributed by atoms with Gasteiger partial charge in [-0.3, -0.25) is 14.5 Å². The molecular formula is C19H25N3O2S. The highest BCUT2D eigenvalue weighted by Gasteiger charge is 2.23. The quantitative estimate of drug-likeness (QED) is 0.804.